The zero-order valence-electron chi connectivity index (χ0n) is 15.6. The third-order valence-corrected chi connectivity index (χ3v) is 4.95. The molecule has 150 valence electrons. The highest BCUT2D eigenvalue weighted by Gasteiger charge is 2.26. The molecule has 1 aliphatic heterocycles. The lowest BCUT2D eigenvalue weighted by molar-refractivity contribution is 0.173. The Hall–Kier alpha value is -3.29. The van der Waals surface area contributed by atoms with Crippen LogP contribution in [-0.4, -0.2) is 34.2 Å². The number of nitrogens with one attached hydrogen (secondary N) is 1. The molecule has 1 fully saturated rings. The molecule has 1 N–H and O–H groups in total. The topological polar surface area (TPSA) is 71.3 Å². The average Bonchev–Trinajstić information content (AvgIpc) is 3.18. The first-order valence-corrected chi connectivity index (χ1v) is 9.47. The zero-order valence-corrected chi connectivity index (χ0v) is 15.6. The van der Waals surface area contributed by atoms with Crippen LogP contribution in [-0.2, 0) is 6.42 Å². The Labute approximate surface area is 166 Å². The van der Waals surface area contributed by atoms with Crippen LogP contribution in [0.15, 0.2) is 53.1 Å². The number of carbonyl (C=O) groups is 1. The van der Waals surface area contributed by atoms with Crippen LogP contribution in [0.25, 0.3) is 11.4 Å². The van der Waals surface area contributed by atoms with Crippen LogP contribution in [0.4, 0.5) is 19.3 Å². The molecule has 8 heteroatoms. The molecule has 1 unspecified atom stereocenters. The smallest absolute Gasteiger partial charge is 0.321 e. The van der Waals surface area contributed by atoms with Crippen molar-refractivity contribution in [3.05, 3.63) is 66.1 Å². The fraction of sp³-hybridized carbons (Fsp3) is 0.286. The number of carbonyl (C=O) groups excluding carboxylic acids is 1. The second-order valence-corrected chi connectivity index (χ2v) is 7.09. The van der Waals surface area contributed by atoms with Crippen molar-refractivity contribution >= 4 is 11.7 Å². The monoisotopic (exact) mass is 398 g/mol. The Balaban J connectivity index is 1.37. The number of anilines is 1. The van der Waals surface area contributed by atoms with Crippen LogP contribution in [0.3, 0.4) is 0 Å². The van der Waals surface area contributed by atoms with E-state index in [2.05, 4.69) is 15.5 Å². The second-order valence-electron chi connectivity index (χ2n) is 7.09. The summed E-state index contributed by atoms with van der Waals surface area (Å²) in [7, 11) is 0. The number of benzene rings is 2. The van der Waals surface area contributed by atoms with Crippen LogP contribution in [0.1, 0.15) is 18.7 Å². The van der Waals surface area contributed by atoms with E-state index in [1.54, 1.807) is 23.1 Å². The summed E-state index contributed by atoms with van der Waals surface area (Å²) in [5.41, 5.74) is 0.844. The lowest BCUT2D eigenvalue weighted by Crippen LogP contribution is -2.42. The molecule has 0 spiro atoms. The maximum absolute atomic E-state index is 13.9. The standard InChI is InChI=1S/C21H20F2N4O2/c22-15-7-9-16(10-8-15)24-21(28)27-11-3-4-14(13-27)12-19-25-20(26-29-19)17-5-1-2-6-18(17)23/h1-2,5-10,14H,3-4,11-13H2,(H,24,28). The van der Waals surface area contributed by atoms with Crippen LogP contribution < -0.4 is 5.32 Å². The number of amides is 2. The van der Waals surface area contributed by atoms with E-state index in [0.29, 0.717) is 36.7 Å². The number of rotatable bonds is 4. The summed E-state index contributed by atoms with van der Waals surface area (Å²) < 4.78 is 32.2. The molecule has 1 atom stereocenters. The summed E-state index contributed by atoms with van der Waals surface area (Å²) in [6, 6.07) is 11.7. The largest absolute Gasteiger partial charge is 0.339 e. The van der Waals surface area contributed by atoms with E-state index in [0.717, 1.165) is 12.8 Å². The Morgan fingerprint density at radius 1 is 1.17 bits per heavy atom. The van der Waals surface area contributed by atoms with Crippen molar-refractivity contribution in [2.24, 2.45) is 5.92 Å². The molecular weight excluding hydrogens is 378 g/mol. The zero-order chi connectivity index (χ0) is 20.2. The average molecular weight is 398 g/mol. The fourth-order valence-electron chi connectivity index (χ4n) is 3.49. The number of nitrogens with zero attached hydrogens (tertiary/aromatic N) is 3. The van der Waals surface area contributed by atoms with Crippen molar-refractivity contribution in [1.82, 2.24) is 15.0 Å². The van der Waals surface area contributed by atoms with Gasteiger partial charge in [0.25, 0.3) is 0 Å². The number of piperidine rings is 1. The quantitative estimate of drug-likeness (QED) is 0.702. The van der Waals surface area contributed by atoms with Gasteiger partial charge in [-0.05, 0) is 55.2 Å². The molecule has 4 rings (SSSR count). The SMILES string of the molecule is O=C(Nc1ccc(F)cc1)N1CCCC(Cc2nc(-c3ccccc3F)no2)C1. The highest BCUT2D eigenvalue weighted by Crippen LogP contribution is 2.24. The van der Waals surface area contributed by atoms with E-state index in [1.807, 2.05) is 0 Å². The minimum Gasteiger partial charge on any atom is -0.339 e. The molecule has 2 heterocycles. The normalized spacial score (nSPS) is 16.6. The first kappa shape index (κ1) is 19.0. The van der Waals surface area contributed by atoms with Gasteiger partial charge < -0.3 is 14.7 Å². The van der Waals surface area contributed by atoms with Crippen molar-refractivity contribution in [2.75, 3.05) is 18.4 Å². The van der Waals surface area contributed by atoms with Gasteiger partial charge in [0.2, 0.25) is 11.7 Å². The van der Waals surface area contributed by atoms with Crippen LogP contribution >= 0.6 is 0 Å². The lowest BCUT2D eigenvalue weighted by atomic mass is 9.95. The van der Waals surface area contributed by atoms with Crippen LogP contribution in [0.5, 0.6) is 0 Å². The summed E-state index contributed by atoms with van der Waals surface area (Å²) in [5.74, 6) is 0.0574. The summed E-state index contributed by atoms with van der Waals surface area (Å²) in [6.07, 6.45) is 2.30. The van der Waals surface area contributed by atoms with E-state index in [9.17, 15) is 13.6 Å². The number of likely N-dealkylation sites (tertiary alicyclic amines) is 1. The third-order valence-electron chi connectivity index (χ3n) is 4.95. The Morgan fingerprint density at radius 2 is 1.97 bits per heavy atom. The van der Waals surface area contributed by atoms with Gasteiger partial charge in [0, 0.05) is 25.2 Å². The molecule has 0 radical (unpaired) electrons. The third kappa shape index (κ3) is 4.59. The highest BCUT2D eigenvalue weighted by atomic mass is 19.1. The molecule has 0 bridgehead atoms. The predicted octanol–water partition coefficient (Wildman–Crippen LogP) is 4.50. The molecule has 2 amide bonds. The minimum absolute atomic E-state index is 0.164. The van der Waals surface area contributed by atoms with E-state index >= 15 is 0 Å². The van der Waals surface area contributed by atoms with Gasteiger partial charge in [0.05, 0.1) is 5.56 Å². The van der Waals surface area contributed by atoms with E-state index in [4.69, 9.17) is 4.52 Å². The molecule has 0 aliphatic carbocycles. The number of halogens is 2. The molecule has 29 heavy (non-hydrogen) atoms. The van der Waals surface area contributed by atoms with E-state index in [1.165, 1.54) is 30.3 Å². The van der Waals surface area contributed by atoms with Crippen LogP contribution in [0.2, 0.25) is 0 Å². The molecule has 3 aromatic rings. The molecule has 6 nitrogen and oxygen atoms in total. The first-order chi connectivity index (χ1) is 14.1. The number of urea groups is 1. The summed E-state index contributed by atoms with van der Waals surface area (Å²) >= 11 is 0. The Bertz CT molecular complexity index is 990. The first-order valence-electron chi connectivity index (χ1n) is 9.47. The minimum atomic E-state index is -0.402. The fourth-order valence-corrected chi connectivity index (χ4v) is 3.49. The Kier molecular flexibility index (Phi) is 5.50. The summed E-state index contributed by atoms with van der Waals surface area (Å²) in [4.78, 5) is 18.5. The van der Waals surface area contributed by atoms with E-state index < -0.39 is 5.82 Å². The van der Waals surface area contributed by atoms with Crippen molar-refractivity contribution in [1.29, 1.82) is 0 Å². The predicted molar refractivity (Wildman–Crippen MR) is 103 cm³/mol. The van der Waals surface area contributed by atoms with Gasteiger partial charge in [-0.2, -0.15) is 4.98 Å². The highest BCUT2D eigenvalue weighted by molar-refractivity contribution is 5.89. The molecule has 2 aromatic carbocycles. The lowest BCUT2D eigenvalue weighted by Gasteiger charge is -2.32. The van der Waals surface area contributed by atoms with Crippen LogP contribution in [0, 0.1) is 17.6 Å². The summed E-state index contributed by atoms with van der Waals surface area (Å²) in [5, 5.41) is 6.66. The van der Waals surface area contributed by atoms with Crippen molar-refractivity contribution in [3.8, 4) is 11.4 Å². The molecular formula is C21H20F2N4O2. The van der Waals surface area contributed by atoms with E-state index in [-0.39, 0.29) is 23.6 Å². The molecule has 0 saturated carbocycles. The molecule has 1 aromatic heterocycles. The van der Waals surface area contributed by atoms with Gasteiger partial charge in [0.1, 0.15) is 11.6 Å². The number of hydrogen-bond donors (Lipinski definition) is 1. The Morgan fingerprint density at radius 3 is 2.76 bits per heavy atom. The molecule has 1 aliphatic rings. The van der Waals surface area contributed by atoms with Gasteiger partial charge in [-0.1, -0.05) is 17.3 Å². The molecule has 1 saturated heterocycles. The van der Waals surface area contributed by atoms with Gasteiger partial charge in [-0.15, -0.1) is 0 Å². The summed E-state index contributed by atoms with van der Waals surface area (Å²) in [6.45, 7) is 1.19. The van der Waals surface area contributed by atoms with Gasteiger partial charge in [-0.3, -0.25) is 0 Å². The van der Waals surface area contributed by atoms with Crippen molar-refractivity contribution in [2.45, 2.75) is 19.3 Å². The van der Waals surface area contributed by atoms with Gasteiger partial charge in [0.15, 0.2) is 0 Å². The second kappa shape index (κ2) is 8.38. The van der Waals surface area contributed by atoms with Gasteiger partial charge in [-0.25, -0.2) is 13.6 Å². The maximum Gasteiger partial charge on any atom is 0.321 e. The number of aromatic nitrogens is 2. The van der Waals surface area contributed by atoms with Crippen molar-refractivity contribution < 1.29 is 18.1 Å². The van der Waals surface area contributed by atoms with Crippen molar-refractivity contribution in [3.63, 3.8) is 0 Å². The number of hydrogen-bond acceptors (Lipinski definition) is 4. The maximum atomic E-state index is 13.9. The van der Waals surface area contributed by atoms with Gasteiger partial charge >= 0.3 is 6.03 Å².